The Morgan fingerprint density at radius 3 is 2.50 bits per heavy atom. The highest BCUT2D eigenvalue weighted by Gasteiger charge is 2.46. The van der Waals surface area contributed by atoms with E-state index in [1.165, 1.54) is 0 Å². The van der Waals surface area contributed by atoms with Crippen LogP contribution in [0, 0.1) is 0 Å². The van der Waals surface area contributed by atoms with Crippen LogP contribution in [0.15, 0.2) is 0 Å². The largest absolute Gasteiger partial charge is 0.480 e. The molecule has 2 aliphatic rings. The van der Waals surface area contributed by atoms with Crippen molar-refractivity contribution in [3.63, 3.8) is 0 Å². The van der Waals surface area contributed by atoms with Crippen molar-refractivity contribution in [2.75, 3.05) is 13.2 Å². The Morgan fingerprint density at radius 1 is 1.28 bits per heavy atom. The van der Waals surface area contributed by atoms with Crippen LogP contribution in [0.5, 0.6) is 0 Å². The van der Waals surface area contributed by atoms with Crippen LogP contribution in [0.4, 0.5) is 4.79 Å². The number of carboxylic acids is 1. The summed E-state index contributed by atoms with van der Waals surface area (Å²) in [5, 5.41) is 21.1. The smallest absolute Gasteiger partial charge is 0.329 e. The first-order chi connectivity index (χ1) is 8.59. The fourth-order valence-electron chi connectivity index (χ4n) is 2.66. The molecular weight excluding hydrogens is 236 g/mol. The van der Waals surface area contributed by atoms with E-state index < -0.39 is 11.5 Å². The molecule has 2 amide bonds. The molecule has 3 N–H and O–H groups in total. The third-order valence-electron chi connectivity index (χ3n) is 4.06. The molecule has 1 saturated heterocycles. The number of nitrogens with one attached hydrogen (secondary N) is 1. The van der Waals surface area contributed by atoms with Gasteiger partial charge >= 0.3 is 12.0 Å². The van der Waals surface area contributed by atoms with Gasteiger partial charge in [0.25, 0.3) is 0 Å². The molecule has 1 atom stereocenters. The monoisotopic (exact) mass is 256 g/mol. The van der Waals surface area contributed by atoms with Crippen molar-refractivity contribution >= 4 is 12.0 Å². The second-order valence-electron chi connectivity index (χ2n) is 5.20. The third kappa shape index (κ3) is 2.29. The molecule has 1 saturated carbocycles. The Kier molecular flexibility index (Phi) is 3.75. The molecule has 18 heavy (non-hydrogen) atoms. The molecule has 0 radical (unpaired) electrons. The number of hydrogen-bond acceptors (Lipinski definition) is 3. The number of amides is 2. The number of likely N-dealkylation sites (tertiary alicyclic amines) is 1. The molecule has 0 aromatic heterocycles. The minimum Gasteiger partial charge on any atom is -0.480 e. The van der Waals surface area contributed by atoms with Crippen LogP contribution < -0.4 is 5.32 Å². The maximum atomic E-state index is 12.1. The van der Waals surface area contributed by atoms with Gasteiger partial charge in [-0.05, 0) is 38.5 Å². The van der Waals surface area contributed by atoms with Gasteiger partial charge in [-0.3, -0.25) is 0 Å². The Bertz CT molecular complexity index is 341. The van der Waals surface area contributed by atoms with Crippen molar-refractivity contribution in [2.45, 2.75) is 50.1 Å². The summed E-state index contributed by atoms with van der Waals surface area (Å²) in [5.41, 5.74) is -1.07. The van der Waals surface area contributed by atoms with Crippen molar-refractivity contribution in [2.24, 2.45) is 0 Å². The van der Waals surface area contributed by atoms with Crippen LogP contribution >= 0.6 is 0 Å². The number of carbonyl (C=O) groups excluding carboxylic acids is 1. The summed E-state index contributed by atoms with van der Waals surface area (Å²) >= 11 is 0. The number of aliphatic hydroxyl groups excluding tert-OH is 1. The first-order valence-corrected chi connectivity index (χ1v) is 6.52. The predicted octanol–water partition coefficient (Wildman–Crippen LogP) is 0.550. The van der Waals surface area contributed by atoms with Crippen LogP contribution in [0.3, 0.4) is 0 Å². The van der Waals surface area contributed by atoms with E-state index in [9.17, 15) is 19.8 Å². The van der Waals surface area contributed by atoms with Crippen molar-refractivity contribution in [3.05, 3.63) is 0 Å². The molecule has 0 spiro atoms. The lowest BCUT2D eigenvalue weighted by Crippen LogP contribution is -2.63. The van der Waals surface area contributed by atoms with E-state index in [1.807, 2.05) is 0 Å². The average Bonchev–Trinajstić information content (AvgIpc) is 2.33. The SMILES string of the molecule is O=C(NC1(C(=O)O)CCC1)N1CCCCC1CO. The molecule has 6 heteroatoms. The number of carboxylic acid groups (broad SMARTS) is 1. The lowest BCUT2D eigenvalue weighted by Gasteiger charge is -2.42. The first kappa shape index (κ1) is 13.1. The van der Waals surface area contributed by atoms with Gasteiger partial charge in [0, 0.05) is 6.54 Å². The minimum atomic E-state index is -1.07. The number of hydrogen-bond donors (Lipinski definition) is 3. The lowest BCUT2D eigenvalue weighted by atomic mass is 9.77. The number of carbonyl (C=O) groups is 2. The zero-order valence-electron chi connectivity index (χ0n) is 10.4. The number of aliphatic carboxylic acids is 1. The van der Waals surface area contributed by atoms with Crippen molar-refractivity contribution in [3.8, 4) is 0 Å². The number of rotatable bonds is 3. The molecule has 2 rings (SSSR count). The highest BCUT2D eigenvalue weighted by Crippen LogP contribution is 2.32. The van der Waals surface area contributed by atoms with Crippen LogP contribution in [-0.2, 0) is 4.79 Å². The Balaban J connectivity index is 2.00. The second-order valence-corrected chi connectivity index (χ2v) is 5.20. The number of piperidine rings is 1. The van der Waals surface area contributed by atoms with Crippen LogP contribution in [0.2, 0.25) is 0 Å². The van der Waals surface area contributed by atoms with Crippen LogP contribution in [-0.4, -0.2) is 51.8 Å². The Labute approximate surface area is 106 Å². The third-order valence-corrected chi connectivity index (χ3v) is 4.06. The predicted molar refractivity (Wildman–Crippen MR) is 64.2 cm³/mol. The Morgan fingerprint density at radius 2 is 2.00 bits per heavy atom. The molecule has 102 valence electrons. The van der Waals surface area contributed by atoms with E-state index in [0.29, 0.717) is 19.4 Å². The fourth-order valence-corrected chi connectivity index (χ4v) is 2.66. The molecular formula is C12H20N2O4. The summed E-state index contributed by atoms with van der Waals surface area (Å²) in [5.74, 6) is -0.959. The summed E-state index contributed by atoms with van der Waals surface area (Å²) in [7, 11) is 0. The molecule has 0 aromatic rings. The zero-order chi connectivity index (χ0) is 13.2. The van der Waals surface area contributed by atoms with E-state index in [0.717, 1.165) is 25.7 Å². The van der Waals surface area contributed by atoms with Gasteiger partial charge in [0.1, 0.15) is 5.54 Å². The number of urea groups is 1. The van der Waals surface area contributed by atoms with Gasteiger partial charge in [0.2, 0.25) is 0 Å². The highest BCUT2D eigenvalue weighted by atomic mass is 16.4. The summed E-state index contributed by atoms with van der Waals surface area (Å²) < 4.78 is 0. The molecule has 1 aliphatic carbocycles. The Hall–Kier alpha value is -1.30. The minimum absolute atomic E-state index is 0.0620. The summed E-state index contributed by atoms with van der Waals surface area (Å²) in [4.78, 5) is 24.9. The maximum Gasteiger partial charge on any atom is 0.329 e. The maximum absolute atomic E-state index is 12.1. The first-order valence-electron chi connectivity index (χ1n) is 6.52. The summed E-state index contributed by atoms with van der Waals surface area (Å²) in [6, 6.07) is -0.527. The molecule has 1 unspecified atom stereocenters. The van der Waals surface area contributed by atoms with Crippen molar-refractivity contribution < 1.29 is 19.8 Å². The fraction of sp³-hybridized carbons (Fsp3) is 0.833. The van der Waals surface area contributed by atoms with E-state index in [1.54, 1.807) is 4.90 Å². The normalized spacial score (nSPS) is 26.3. The molecule has 1 aliphatic heterocycles. The van der Waals surface area contributed by atoms with E-state index in [-0.39, 0.29) is 18.7 Å². The molecule has 0 bridgehead atoms. The van der Waals surface area contributed by atoms with E-state index >= 15 is 0 Å². The molecule has 1 heterocycles. The standard InChI is InChI=1S/C12H20N2O4/c15-8-9-4-1-2-7-14(9)11(18)13-12(10(16)17)5-3-6-12/h9,15H,1-8H2,(H,13,18)(H,16,17). The number of aliphatic hydroxyl groups is 1. The van der Waals surface area contributed by atoms with Gasteiger partial charge in [0.15, 0.2) is 0 Å². The van der Waals surface area contributed by atoms with Crippen molar-refractivity contribution in [1.82, 2.24) is 10.2 Å². The van der Waals surface area contributed by atoms with Gasteiger partial charge in [-0.15, -0.1) is 0 Å². The van der Waals surface area contributed by atoms with Crippen LogP contribution in [0.25, 0.3) is 0 Å². The van der Waals surface area contributed by atoms with Gasteiger partial charge < -0.3 is 20.4 Å². The van der Waals surface area contributed by atoms with Crippen molar-refractivity contribution in [1.29, 1.82) is 0 Å². The van der Waals surface area contributed by atoms with Crippen LogP contribution in [0.1, 0.15) is 38.5 Å². The molecule has 2 fully saturated rings. The van der Waals surface area contributed by atoms with Gasteiger partial charge in [-0.25, -0.2) is 9.59 Å². The van der Waals surface area contributed by atoms with Gasteiger partial charge in [0.05, 0.1) is 12.6 Å². The van der Waals surface area contributed by atoms with E-state index in [4.69, 9.17) is 0 Å². The second kappa shape index (κ2) is 5.14. The topological polar surface area (TPSA) is 89.9 Å². The average molecular weight is 256 g/mol. The van der Waals surface area contributed by atoms with Gasteiger partial charge in [-0.2, -0.15) is 0 Å². The lowest BCUT2D eigenvalue weighted by molar-refractivity contribution is -0.148. The summed E-state index contributed by atoms with van der Waals surface area (Å²) in [6.07, 6.45) is 4.50. The van der Waals surface area contributed by atoms with E-state index in [2.05, 4.69) is 5.32 Å². The molecule has 0 aromatic carbocycles. The molecule has 6 nitrogen and oxygen atoms in total. The van der Waals surface area contributed by atoms with Gasteiger partial charge in [-0.1, -0.05) is 0 Å². The quantitative estimate of drug-likeness (QED) is 0.688. The zero-order valence-corrected chi connectivity index (χ0v) is 10.4. The summed E-state index contributed by atoms with van der Waals surface area (Å²) in [6.45, 7) is 0.528. The highest BCUT2D eigenvalue weighted by molar-refractivity contribution is 5.87. The number of nitrogens with zero attached hydrogens (tertiary/aromatic N) is 1.